The molecule has 1 saturated heterocycles. The van der Waals surface area contributed by atoms with Gasteiger partial charge >= 0.3 is 13.7 Å². The molecule has 0 saturated carbocycles. The van der Waals surface area contributed by atoms with Crippen LogP contribution in [0.2, 0.25) is 0 Å². The van der Waals surface area contributed by atoms with E-state index in [0.717, 1.165) is 11.8 Å². The molecule has 1 aliphatic rings. The Morgan fingerprint density at radius 3 is 2.73 bits per heavy atom. The lowest BCUT2D eigenvalue weighted by Crippen LogP contribution is -2.45. The molecule has 0 amide bonds. The topological polar surface area (TPSA) is 250 Å². The van der Waals surface area contributed by atoms with E-state index >= 15 is 0 Å². The quantitative estimate of drug-likeness (QED) is 0.116. The molecule has 1 fully saturated rings. The number of nitrogens with zero attached hydrogens (tertiary/aromatic N) is 3. The normalized spacial score (nSPS) is 24.8. The molecule has 5 atom stereocenters. The second-order valence-corrected chi connectivity index (χ2v) is 12.6. The van der Waals surface area contributed by atoms with E-state index in [9.17, 15) is 29.2 Å². The molecular formula is C21H33N6O11PS. The summed E-state index contributed by atoms with van der Waals surface area (Å²) < 4.78 is 36.8. The number of anilines is 1. The van der Waals surface area contributed by atoms with Crippen LogP contribution >= 0.6 is 19.5 Å². The van der Waals surface area contributed by atoms with Gasteiger partial charge < -0.3 is 30.5 Å². The number of carbonyl (C=O) groups excluding carboxylic acids is 1. The largest absolute Gasteiger partial charge is 0.480 e. The number of ether oxygens (including phenoxy) is 2. The van der Waals surface area contributed by atoms with Gasteiger partial charge in [0.05, 0.1) is 31.6 Å². The molecule has 0 aliphatic carbocycles. The fourth-order valence-electron chi connectivity index (χ4n) is 3.89. The van der Waals surface area contributed by atoms with E-state index in [1.165, 1.54) is 24.9 Å². The molecule has 17 nitrogen and oxygen atoms in total. The molecule has 0 radical (unpaired) electrons. The Bertz CT molecular complexity index is 1330. The number of aliphatic carboxylic acids is 1. The zero-order valence-electron chi connectivity index (χ0n) is 22.2. The van der Waals surface area contributed by atoms with Gasteiger partial charge in [0.2, 0.25) is 5.95 Å². The Hall–Kier alpha value is -2.41. The highest BCUT2D eigenvalue weighted by atomic mass is 32.2. The maximum Gasteiger partial charge on any atom is 0.406 e. The molecule has 2 aromatic rings. The van der Waals surface area contributed by atoms with E-state index in [-0.39, 0.29) is 41.2 Å². The number of methoxy groups -OCH3 is 1. The number of nitrogens with two attached hydrogens (primary N) is 1. The van der Waals surface area contributed by atoms with Crippen molar-refractivity contribution in [3.05, 3.63) is 16.7 Å². The number of imidazole rings is 1. The van der Waals surface area contributed by atoms with E-state index < -0.39 is 61.9 Å². The van der Waals surface area contributed by atoms with Gasteiger partial charge in [0, 0.05) is 12.9 Å². The highest BCUT2D eigenvalue weighted by Gasteiger charge is 2.55. The first-order valence-electron chi connectivity index (χ1n) is 11.9. The number of hydrogen-bond acceptors (Lipinski definition) is 14. The van der Waals surface area contributed by atoms with E-state index in [0.29, 0.717) is 0 Å². The summed E-state index contributed by atoms with van der Waals surface area (Å²) in [5, 5.41) is 31.6. The second-order valence-electron chi connectivity index (χ2n) is 9.72. The Morgan fingerprint density at radius 2 is 2.10 bits per heavy atom. The third-order valence-corrected chi connectivity index (χ3v) is 8.78. The number of rotatable bonds is 14. The Morgan fingerprint density at radius 1 is 1.40 bits per heavy atom. The van der Waals surface area contributed by atoms with Crippen molar-refractivity contribution in [2.75, 3.05) is 45.0 Å². The van der Waals surface area contributed by atoms with Crippen molar-refractivity contribution >= 4 is 47.7 Å². The minimum atomic E-state index is -4.26. The van der Waals surface area contributed by atoms with Gasteiger partial charge in [-0.3, -0.25) is 33.0 Å². The van der Waals surface area contributed by atoms with Crippen molar-refractivity contribution in [2.24, 2.45) is 5.41 Å². The van der Waals surface area contributed by atoms with Gasteiger partial charge in [0.1, 0.15) is 24.4 Å². The number of aromatic nitrogens is 4. The first kappa shape index (κ1) is 32.1. The average Bonchev–Trinajstić information content (AvgIpc) is 3.41. The van der Waals surface area contributed by atoms with Gasteiger partial charge in [-0.25, -0.2) is 14.6 Å². The molecule has 0 spiro atoms. The smallest absolute Gasteiger partial charge is 0.406 e. The molecule has 3 heterocycles. The van der Waals surface area contributed by atoms with Crippen LogP contribution in [0, 0.1) is 5.41 Å². The summed E-state index contributed by atoms with van der Waals surface area (Å²) in [6.45, 7) is 2.68. The molecule has 40 heavy (non-hydrogen) atoms. The third-order valence-electron chi connectivity index (χ3n) is 6.03. The summed E-state index contributed by atoms with van der Waals surface area (Å²) in [7, 11) is -2.95. The van der Waals surface area contributed by atoms with Gasteiger partial charge in [0.25, 0.3) is 5.56 Å². The van der Waals surface area contributed by atoms with E-state index in [4.69, 9.17) is 29.4 Å². The fourth-order valence-corrected chi connectivity index (χ4v) is 6.08. The number of nitrogen functional groups attached to an aromatic ring is 1. The first-order valence-corrected chi connectivity index (χ1v) is 14.4. The number of thioether (sulfide) groups is 1. The van der Waals surface area contributed by atoms with Gasteiger partial charge in [0.15, 0.2) is 22.5 Å². The van der Waals surface area contributed by atoms with Crippen LogP contribution < -0.4 is 16.4 Å². The summed E-state index contributed by atoms with van der Waals surface area (Å²) in [6.07, 6.45) is -2.09. The maximum absolute atomic E-state index is 13.3. The Labute approximate surface area is 232 Å². The number of carboxylic acids is 1. The standard InChI is InChI=1S/C21H33N6O11PS/c1-20(2,9-28)18(32)40-6-5-36-39(34,24-7-12(29)30)37-8-11-14(35-4)21(3,33)17(38-11)27-10-23-13-15(27)25-19(22)26-16(13)31/h10-11,14,17,28,33H,5-9H2,1-4H3,(H,24,34)(H,29,30)(H3,22,25,26,31)/t11-,14?,17-,21?,39?/m1/s1. The lowest BCUT2D eigenvalue weighted by Gasteiger charge is -2.29. The monoisotopic (exact) mass is 608 g/mol. The average molecular weight is 609 g/mol. The zero-order chi connectivity index (χ0) is 29.9. The predicted octanol–water partition coefficient (Wildman–Crippen LogP) is -0.541. The van der Waals surface area contributed by atoms with Crippen LogP contribution in [0.5, 0.6) is 0 Å². The molecule has 224 valence electrons. The van der Waals surface area contributed by atoms with Crippen molar-refractivity contribution in [1.82, 2.24) is 24.6 Å². The van der Waals surface area contributed by atoms with Crippen LogP contribution in [0.3, 0.4) is 0 Å². The molecule has 2 aromatic heterocycles. The predicted molar refractivity (Wildman–Crippen MR) is 141 cm³/mol. The number of carbonyl (C=O) groups is 2. The van der Waals surface area contributed by atoms with Crippen LogP contribution in [-0.4, -0.2) is 103 Å². The summed E-state index contributed by atoms with van der Waals surface area (Å²) in [4.78, 5) is 45.9. The van der Waals surface area contributed by atoms with Gasteiger partial charge in [-0.2, -0.15) is 4.98 Å². The number of aromatic amines is 1. The molecule has 3 rings (SSSR count). The number of nitrogens with one attached hydrogen (secondary N) is 2. The molecule has 19 heteroatoms. The van der Waals surface area contributed by atoms with Crippen LogP contribution in [0.4, 0.5) is 5.95 Å². The lowest BCUT2D eigenvalue weighted by atomic mass is 9.96. The van der Waals surface area contributed by atoms with Crippen molar-refractivity contribution in [2.45, 2.75) is 44.8 Å². The highest BCUT2D eigenvalue weighted by molar-refractivity contribution is 8.13. The molecule has 1 aliphatic heterocycles. The van der Waals surface area contributed by atoms with Crippen molar-refractivity contribution in [3.63, 3.8) is 0 Å². The number of carboxylic acid groups (broad SMARTS) is 1. The third kappa shape index (κ3) is 7.07. The summed E-state index contributed by atoms with van der Waals surface area (Å²) in [5.41, 5.74) is 2.33. The lowest BCUT2D eigenvalue weighted by molar-refractivity contribution is -0.135. The number of fused-ring (bicyclic) bond motifs is 1. The highest BCUT2D eigenvalue weighted by Crippen LogP contribution is 2.47. The van der Waals surface area contributed by atoms with Crippen LogP contribution in [-0.2, 0) is 32.7 Å². The van der Waals surface area contributed by atoms with Crippen molar-refractivity contribution in [1.29, 1.82) is 0 Å². The molecular weight excluding hydrogens is 575 g/mol. The Balaban J connectivity index is 1.74. The van der Waals surface area contributed by atoms with Crippen LogP contribution in [0.15, 0.2) is 11.1 Å². The van der Waals surface area contributed by atoms with Gasteiger partial charge in [-0.15, -0.1) is 0 Å². The van der Waals surface area contributed by atoms with Crippen LogP contribution in [0.25, 0.3) is 11.2 Å². The maximum atomic E-state index is 13.3. The Kier molecular flexibility index (Phi) is 10.1. The minimum Gasteiger partial charge on any atom is -0.480 e. The molecule has 3 unspecified atom stereocenters. The van der Waals surface area contributed by atoms with Gasteiger partial charge in [-0.05, 0) is 20.8 Å². The van der Waals surface area contributed by atoms with E-state index in [1.54, 1.807) is 13.8 Å². The minimum absolute atomic E-state index is 0.0384. The van der Waals surface area contributed by atoms with E-state index in [1.807, 2.05) is 0 Å². The molecule has 0 aromatic carbocycles. The second kappa shape index (κ2) is 12.6. The molecule has 0 bridgehead atoms. The zero-order valence-corrected chi connectivity index (χ0v) is 23.9. The summed E-state index contributed by atoms with van der Waals surface area (Å²) in [6, 6.07) is 0. The summed E-state index contributed by atoms with van der Waals surface area (Å²) in [5.74, 6) is -1.46. The first-order chi connectivity index (χ1) is 18.6. The van der Waals surface area contributed by atoms with Crippen LogP contribution in [0.1, 0.15) is 27.0 Å². The van der Waals surface area contributed by atoms with Crippen molar-refractivity contribution in [3.8, 4) is 0 Å². The number of hydrogen-bond donors (Lipinski definition) is 6. The molecule has 7 N–H and O–H groups in total. The number of H-pyrrole nitrogens is 1. The van der Waals surface area contributed by atoms with E-state index in [2.05, 4.69) is 20.0 Å². The SMILES string of the molecule is COC1[C@@H](COP(=O)(NCC(=O)O)OCCSC(=O)C(C)(C)CO)O[C@@H](n2cnc3c(=O)[nH]c(N)nc32)C1(C)O. The van der Waals surface area contributed by atoms with Gasteiger partial charge in [-0.1, -0.05) is 11.8 Å². The number of aliphatic hydroxyl groups is 2. The summed E-state index contributed by atoms with van der Waals surface area (Å²) >= 11 is 0.851. The van der Waals surface area contributed by atoms with Crippen molar-refractivity contribution < 1.29 is 48.0 Å². The fraction of sp³-hybridized carbons (Fsp3) is 0.667. The number of aliphatic hydroxyl groups excluding tert-OH is 1.